The normalized spacial score (nSPS) is 15.1. The fraction of sp³-hybridized carbons (Fsp3) is 0.412. The monoisotopic (exact) mass is 364 g/mol. The average molecular weight is 365 g/mol. The quantitative estimate of drug-likeness (QED) is 0.808. The van der Waals surface area contributed by atoms with Crippen LogP contribution < -0.4 is 10.1 Å². The summed E-state index contributed by atoms with van der Waals surface area (Å²) in [5.74, 6) is 0.381. The number of hydrogen-bond acceptors (Lipinski definition) is 5. The van der Waals surface area contributed by atoms with Crippen molar-refractivity contribution in [2.75, 3.05) is 39.4 Å². The van der Waals surface area contributed by atoms with Crippen LogP contribution in [0.1, 0.15) is 10.5 Å². The van der Waals surface area contributed by atoms with E-state index in [2.05, 4.69) is 15.3 Å². The maximum atomic E-state index is 12.3. The molecule has 1 saturated heterocycles. The van der Waals surface area contributed by atoms with E-state index in [1.165, 1.54) is 4.68 Å². The number of nitrogens with one attached hydrogen (secondary N) is 1. The Bertz CT molecular complexity index is 701. The lowest BCUT2D eigenvalue weighted by atomic mass is 10.3. The highest BCUT2D eigenvalue weighted by Crippen LogP contribution is 2.23. The van der Waals surface area contributed by atoms with Crippen LogP contribution in [0.3, 0.4) is 0 Å². The Labute approximate surface area is 151 Å². The summed E-state index contributed by atoms with van der Waals surface area (Å²) < 4.78 is 12.5. The van der Waals surface area contributed by atoms with Crippen molar-refractivity contribution in [3.63, 3.8) is 0 Å². The van der Waals surface area contributed by atoms with E-state index in [9.17, 15) is 4.79 Å². The Balaban J connectivity index is 1.50. The summed E-state index contributed by atoms with van der Waals surface area (Å²) in [7, 11) is 0. The number of ether oxygens (including phenoxy) is 2. The van der Waals surface area contributed by atoms with Crippen LogP contribution >= 0.6 is 11.6 Å². The van der Waals surface area contributed by atoms with Gasteiger partial charge in [-0.25, -0.2) is 4.68 Å². The predicted molar refractivity (Wildman–Crippen MR) is 93.9 cm³/mol. The molecule has 134 valence electrons. The molecular formula is C17H21ClN4O3. The zero-order valence-corrected chi connectivity index (χ0v) is 14.6. The Morgan fingerprint density at radius 2 is 2.08 bits per heavy atom. The molecule has 0 aliphatic carbocycles. The van der Waals surface area contributed by atoms with Gasteiger partial charge in [0.05, 0.1) is 18.2 Å². The van der Waals surface area contributed by atoms with Crippen LogP contribution in [0.5, 0.6) is 5.75 Å². The van der Waals surface area contributed by atoms with Gasteiger partial charge in [-0.1, -0.05) is 23.7 Å². The summed E-state index contributed by atoms with van der Waals surface area (Å²) in [6.07, 6.45) is 1.58. The molecule has 7 nitrogen and oxygen atoms in total. The molecule has 1 aliphatic rings. The van der Waals surface area contributed by atoms with Crippen LogP contribution in [-0.2, 0) is 11.5 Å². The summed E-state index contributed by atoms with van der Waals surface area (Å²) in [4.78, 5) is 14.6. The summed E-state index contributed by atoms with van der Waals surface area (Å²) in [5.41, 5.74) is 0.453. The van der Waals surface area contributed by atoms with Gasteiger partial charge in [-0.2, -0.15) is 5.10 Å². The molecule has 1 aromatic carbocycles. The molecule has 1 aromatic heterocycles. The van der Waals surface area contributed by atoms with Gasteiger partial charge in [0.25, 0.3) is 5.91 Å². The highest BCUT2D eigenvalue weighted by molar-refractivity contribution is 6.32. The van der Waals surface area contributed by atoms with Crippen molar-refractivity contribution < 1.29 is 14.3 Å². The third kappa shape index (κ3) is 4.94. The molecule has 0 radical (unpaired) electrons. The van der Waals surface area contributed by atoms with Crippen LogP contribution in [0.15, 0.2) is 36.5 Å². The molecule has 0 saturated carbocycles. The number of aromatic nitrogens is 2. The molecule has 1 aliphatic heterocycles. The van der Waals surface area contributed by atoms with Crippen molar-refractivity contribution in [2.24, 2.45) is 0 Å². The second kappa shape index (κ2) is 8.84. The van der Waals surface area contributed by atoms with Gasteiger partial charge in [-0.3, -0.25) is 9.69 Å². The van der Waals surface area contributed by atoms with Crippen LogP contribution in [0, 0.1) is 0 Å². The fourth-order valence-electron chi connectivity index (χ4n) is 2.56. The summed E-state index contributed by atoms with van der Waals surface area (Å²) >= 11 is 6.06. The molecule has 8 heteroatoms. The van der Waals surface area contributed by atoms with E-state index in [1.54, 1.807) is 24.4 Å². The van der Waals surface area contributed by atoms with Crippen molar-refractivity contribution in [1.29, 1.82) is 0 Å². The third-order valence-electron chi connectivity index (χ3n) is 3.95. The Hall–Kier alpha value is -2.09. The standard InChI is InChI=1S/C17H21ClN4O3/c18-14-3-1-2-4-16(14)25-13-22-15(5-6-20-22)17(23)19-7-8-21-9-11-24-12-10-21/h1-6H,7-13H2,(H,19,23). The summed E-state index contributed by atoms with van der Waals surface area (Å²) in [6, 6.07) is 8.85. The molecule has 0 bridgehead atoms. The van der Waals surface area contributed by atoms with Crippen LogP contribution in [-0.4, -0.2) is 60.0 Å². The minimum Gasteiger partial charge on any atom is -0.470 e. The fourth-order valence-corrected chi connectivity index (χ4v) is 2.75. The molecule has 0 unspecified atom stereocenters. The van der Waals surface area contributed by atoms with E-state index < -0.39 is 0 Å². The van der Waals surface area contributed by atoms with E-state index in [-0.39, 0.29) is 12.6 Å². The van der Waals surface area contributed by atoms with Crippen molar-refractivity contribution in [3.05, 3.63) is 47.2 Å². The number of para-hydroxylation sites is 1. The molecule has 2 aromatic rings. The lowest BCUT2D eigenvalue weighted by molar-refractivity contribution is 0.0383. The Morgan fingerprint density at radius 1 is 1.28 bits per heavy atom. The number of nitrogens with zero attached hydrogens (tertiary/aromatic N) is 3. The van der Waals surface area contributed by atoms with Gasteiger partial charge < -0.3 is 14.8 Å². The van der Waals surface area contributed by atoms with E-state index >= 15 is 0 Å². The Morgan fingerprint density at radius 3 is 2.88 bits per heavy atom. The minimum absolute atomic E-state index is 0.114. The van der Waals surface area contributed by atoms with Gasteiger partial charge in [0, 0.05) is 32.4 Å². The lowest BCUT2D eigenvalue weighted by Gasteiger charge is -2.26. The van der Waals surface area contributed by atoms with E-state index in [0.29, 0.717) is 23.0 Å². The number of rotatable bonds is 7. The molecule has 3 rings (SSSR count). The van der Waals surface area contributed by atoms with E-state index in [4.69, 9.17) is 21.1 Å². The first-order chi connectivity index (χ1) is 12.2. The molecule has 1 fully saturated rings. The molecule has 2 heterocycles. The molecule has 1 N–H and O–H groups in total. The van der Waals surface area contributed by atoms with Gasteiger partial charge in [0.1, 0.15) is 11.4 Å². The maximum Gasteiger partial charge on any atom is 0.269 e. The molecule has 0 spiro atoms. The van der Waals surface area contributed by atoms with Crippen molar-refractivity contribution in [1.82, 2.24) is 20.0 Å². The maximum absolute atomic E-state index is 12.3. The topological polar surface area (TPSA) is 68.6 Å². The zero-order chi connectivity index (χ0) is 17.5. The van der Waals surface area contributed by atoms with Gasteiger partial charge in [0.2, 0.25) is 0 Å². The largest absolute Gasteiger partial charge is 0.470 e. The molecule has 0 atom stereocenters. The van der Waals surface area contributed by atoms with Crippen molar-refractivity contribution in [2.45, 2.75) is 6.73 Å². The zero-order valence-electron chi connectivity index (χ0n) is 13.9. The highest BCUT2D eigenvalue weighted by Gasteiger charge is 2.14. The highest BCUT2D eigenvalue weighted by atomic mass is 35.5. The third-order valence-corrected chi connectivity index (χ3v) is 4.26. The first-order valence-corrected chi connectivity index (χ1v) is 8.59. The van der Waals surface area contributed by atoms with Gasteiger partial charge in [-0.15, -0.1) is 0 Å². The van der Waals surface area contributed by atoms with Crippen LogP contribution in [0.4, 0.5) is 0 Å². The van der Waals surface area contributed by atoms with Gasteiger partial charge in [0.15, 0.2) is 6.73 Å². The number of benzene rings is 1. The summed E-state index contributed by atoms with van der Waals surface area (Å²) in [6.45, 7) is 4.80. The Kier molecular flexibility index (Phi) is 6.27. The first-order valence-electron chi connectivity index (χ1n) is 8.21. The smallest absolute Gasteiger partial charge is 0.269 e. The second-order valence-corrected chi connectivity index (χ2v) is 6.04. The first kappa shape index (κ1) is 17.7. The van der Waals surface area contributed by atoms with E-state index in [1.807, 2.05) is 12.1 Å². The number of halogens is 1. The number of carbonyl (C=O) groups excluding carboxylic acids is 1. The van der Waals surface area contributed by atoms with Crippen molar-refractivity contribution >= 4 is 17.5 Å². The van der Waals surface area contributed by atoms with Gasteiger partial charge in [-0.05, 0) is 18.2 Å². The lowest BCUT2D eigenvalue weighted by Crippen LogP contribution is -2.41. The number of amides is 1. The number of hydrogen-bond donors (Lipinski definition) is 1. The van der Waals surface area contributed by atoms with Crippen molar-refractivity contribution in [3.8, 4) is 5.75 Å². The minimum atomic E-state index is -0.173. The molecule has 25 heavy (non-hydrogen) atoms. The number of carbonyl (C=O) groups is 1. The molecular weight excluding hydrogens is 344 g/mol. The molecule has 1 amide bonds. The predicted octanol–water partition coefficient (Wildman–Crippen LogP) is 1.64. The van der Waals surface area contributed by atoms with Crippen LogP contribution in [0.2, 0.25) is 5.02 Å². The summed E-state index contributed by atoms with van der Waals surface area (Å²) in [5, 5.41) is 7.58. The van der Waals surface area contributed by atoms with E-state index in [0.717, 1.165) is 32.8 Å². The number of morpholine rings is 1. The second-order valence-electron chi connectivity index (χ2n) is 5.63. The average Bonchev–Trinajstić information content (AvgIpc) is 3.10. The van der Waals surface area contributed by atoms with Crippen LogP contribution in [0.25, 0.3) is 0 Å². The SMILES string of the molecule is O=C(NCCN1CCOCC1)c1ccnn1COc1ccccc1Cl. The van der Waals surface area contributed by atoms with Gasteiger partial charge >= 0.3 is 0 Å².